The van der Waals surface area contributed by atoms with Crippen molar-refractivity contribution in [2.75, 3.05) is 25.0 Å². The maximum Gasteiger partial charge on any atom is 0.0431 e. The molecule has 0 saturated carbocycles. The van der Waals surface area contributed by atoms with Gasteiger partial charge in [0.1, 0.15) is 0 Å². The van der Waals surface area contributed by atoms with E-state index in [1.165, 1.54) is 77.3 Å². The smallest absolute Gasteiger partial charge is 0.0431 e. The molecular weight excluding hydrogens is 302 g/mol. The maximum absolute atomic E-state index is 8.93. The summed E-state index contributed by atoms with van der Waals surface area (Å²) in [5.41, 5.74) is 0. The molecule has 0 aromatic heterocycles. The molecule has 2 nitrogen and oxygen atoms in total. The van der Waals surface area contributed by atoms with Crippen LogP contribution < -0.4 is 0 Å². The Kier molecular flexibility index (Phi) is 11.2. The van der Waals surface area contributed by atoms with Gasteiger partial charge in [0.05, 0.1) is 0 Å². The number of likely N-dealkylation sites (tertiary alicyclic amines) is 1. The number of alkyl halides is 1. The van der Waals surface area contributed by atoms with Gasteiger partial charge in [-0.3, -0.25) is 0 Å². The monoisotopic (exact) mass is 333 g/mol. The quantitative estimate of drug-likeness (QED) is 0.424. The van der Waals surface area contributed by atoms with Gasteiger partial charge in [-0.05, 0) is 51.6 Å². The van der Waals surface area contributed by atoms with Gasteiger partial charge in [-0.2, -0.15) is 0 Å². The molecule has 0 aromatic carbocycles. The third-order valence-electron chi connectivity index (χ3n) is 4.27. The zero-order chi connectivity index (χ0) is 13.8. The summed E-state index contributed by atoms with van der Waals surface area (Å²) in [6.45, 7) is 2.94. The summed E-state index contributed by atoms with van der Waals surface area (Å²) in [7, 11) is 0. The topological polar surface area (TPSA) is 23.5 Å². The van der Waals surface area contributed by atoms with Crippen LogP contribution in [0.4, 0.5) is 0 Å². The van der Waals surface area contributed by atoms with E-state index in [2.05, 4.69) is 20.8 Å². The number of hydrogen-bond acceptors (Lipinski definition) is 2. The van der Waals surface area contributed by atoms with Crippen molar-refractivity contribution in [2.24, 2.45) is 0 Å². The van der Waals surface area contributed by atoms with Crippen LogP contribution in [-0.4, -0.2) is 41.1 Å². The Morgan fingerprint density at radius 2 is 1.63 bits per heavy atom. The number of hydrogen-bond donors (Lipinski definition) is 1. The van der Waals surface area contributed by atoms with Crippen molar-refractivity contribution in [1.82, 2.24) is 4.90 Å². The lowest BCUT2D eigenvalue weighted by molar-refractivity contribution is 0.213. The second-order valence-corrected chi connectivity index (χ2v) is 6.65. The number of aliphatic hydroxyl groups excluding tert-OH is 1. The van der Waals surface area contributed by atoms with Crippen LogP contribution in [0.1, 0.15) is 70.6 Å². The van der Waals surface area contributed by atoms with Gasteiger partial charge in [-0.15, -0.1) is 0 Å². The van der Waals surface area contributed by atoms with Gasteiger partial charge in [0.2, 0.25) is 0 Å². The Bertz CT molecular complexity index is 201. The van der Waals surface area contributed by atoms with E-state index >= 15 is 0 Å². The molecule has 1 saturated heterocycles. The summed E-state index contributed by atoms with van der Waals surface area (Å²) < 4.78 is 0. The van der Waals surface area contributed by atoms with Crippen LogP contribution in [0.2, 0.25) is 0 Å². The Morgan fingerprint density at radius 3 is 2.32 bits per heavy atom. The first-order valence-electron chi connectivity index (χ1n) is 8.29. The molecule has 19 heavy (non-hydrogen) atoms. The fraction of sp³-hybridized carbons (Fsp3) is 1.00. The van der Waals surface area contributed by atoms with E-state index in [0.717, 1.165) is 17.8 Å². The average Bonchev–Trinajstić information content (AvgIpc) is 2.87. The first-order chi connectivity index (χ1) is 9.38. The van der Waals surface area contributed by atoms with Crippen LogP contribution in [0.5, 0.6) is 0 Å². The number of unbranched alkanes of at least 4 members (excludes halogenated alkanes) is 6. The minimum Gasteiger partial charge on any atom is -0.396 e. The van der Waals surface area contributed by atoms with Gasteiger partial charge in [0.15, 0.2) is 0 Å². The Hall–Kier alpha value is 0.400. The minimum atomic E-state index is 0.360. The normalized spacial score (nSPS) is 20.2. The molecule has 0 amide bonds. The van der Waals surface area contributed by atoms with E-state index < -0.39 is 0 Å². The van der Waals surface area contributed by atoms with E-state index in [-0.39, 0.29) is 0 Å². The standard InChI is InChI=1S/C16H32BrNO/c17-12-6-4-2-1-3-5-7-13-18-14-8-10-16(18)11-9-15-19/h16,19H,1-15H2. The van der Waals surface area contributed by atoms with Crippen LogP contribution in [0, 0.1) is 0 Å². The predicted octanol–water partition coefficient (Wildman–Crippen LogP) is 4.35. The summed E-state index contributed by atoms with van der Waals surface area (Å²) in [4.78, 5) is 2.67. The molecule has 1 unspecified atom stereocenters. The fourth-order valence-corrected chi connectivity index (χ4v) is 3.53. The van der Waals surface area contributed by atoms with Crippen molar-refractivity contribution in [3.63, 3.8) is 0 Å². The van der Waals surface area contributed by atoms with Gasteiger partial charge in [0, 0.05) is 18.0 Å². The highest BCUT2D eigenvalue weighted by Crippen LogP contribution is 2.22. The van der Waals surface area contributed by atoms with E-state index in [4.69, 9.17) is 5.11 Å². The van der Waals surface area contributed by atoms with Crippen molar-refractivity contribution in [3.8, 4) is 0 Å². The number of nitrogens with zero attached hydrogens (tertiary/aromatic N) is 1. The van der Waals surface area contributed by atoms with Gasteiger partial charge < -0.3 is 10.0 Å². The molecule has 1 aliphatic heterocycles. The summed E-state index contributed by atoms with van der Waals surface area (Å²) in [6, 6.07) is 0.770. The third-order valence-corrected chi connectivity index (χ3v) is 4.83. The summed E-state index contributed by atoms with van der Waals surface area (Å²) in [6.07, 6.45) is 14.6. The molecular formula is C16H32BrNO. The highest BCUT2D eigenvalue weighted by atomic mass is 79.9. The highest BCUT2D eigenvalue weighted by molar-refractivity contribution is 9.09. The lowest BCUT2D eigenvalue weighted by Crippen LogP contribution is -2.30. The van der Waals surface area contributed by atoms with Crippen LogP contribution in [0.25, 0.3) is 0 Å². The van der Waals surface area contributed by atoms with Gasteiger partial charge >= 0.3 is 0 Å². The van der Waals surface area contributed by atoms with Crippen molar-refractivity contribution in [2.45, 2.75) is 76.7 Å². The molecule has 0 aromatic rings. The molecule has 1 rings (SSSR count). The van der Waals surface area contributed by atoms with Gasteiger partial charge in [-0.25, -0.2) is 0 Å². The van der Waals surface area contributed by atoms with Crippen LogP contribution in [-0.2, 0) is 0 Å². The predicted molar refractivity (Wildman–Crippen MR) is 87.0 cm³/mol. The molecule has 1 aliphatic rings. The number of rotatable bonds is 12. The van der Waals surface area contributed by atoms with Gasteiger partial charge in [-0.1, -0.05) is 48.0 Å². The molecule has 0 bridgehead atoms. The van der Waals surface area contributed by atoms with E-state index in [1.54, 1.807) is 0 Å². The van der Waals surface area contributed by atoms with Crippen molar-refractivity contribution in [1.29, 1.82) is 0 Å². The van der Waals surface area contributed by atoms with Crippen molar-refractivity contribution < 1.29 is 5.11 Å². The SMILES string of the molecule is OCCCC1CCCN1CCCCCCCCCBr. The molecule has 1 atom stereocenters. The molecule has 0 radical (unpaired) electrons. The molecule has 1 heterocycles. The van der Waals surface area contributed by atoms with Crippen LogP contribution >= 0.6 is 15.9 Å². The Balaban J connectivity index is 1.93. The van der Waals surface area contributed by atoms with Gasteiger partial charge in [0.25, 0.3) is 0 Å². The van der Waals surface area contributed by atoms with E-state index in [1.807, 2.05) is 0 Å². The first kappa shape index (κ1) is 17.5. The average molecular weight is 334 g/mol. The third kappa shape index (κ3) is 8.31. The summed E-state index contributed by atoms with van der Waals surface area (Å²) in [5.74, 6) is 0. The van der Waals surface area contributed by atoms with Crippen LogP contribution in [0.15, 0.2) is 0 Å². The second-order valence-electron chi connectivity index (χ2n) is 5.86. The lowest BCUT2D eigenvalue weighted by Gasteiger charge is -2.24. The minimum absolute atomic E-state index is 0.360. The zero-order valence-corrected chi connectivity index (χ0v) is 14.0. The molecule has 114 valence electrons. The van der Waals surface area contributed by atoms with Crippen molar-refractivity contribution >= 4 is 15.9 Å². The lowest BCUT2D eigenvalue weighted by atomic mass is 10.1. The second kappa shape index (κ2) is 12.2. The largest absolute Gasteiger partial charge is 0.396 e. The summed E-state index contributed by atoms with van der Waals surface area (Å²) in [5, 5.41) is 10.1. The van der Waals surface area contributed by atoms with Crippen molar-refractivity contribution in [3.05, 3.63) is 0 Å². The molecule has 1 N–H and O–H groups in total. The van der Waals surface area contributed by atoms with E-state index in [0.29, 0.717) is 6.61 Å². The molecule has 1 fully saturated rings. The fourth-order valence-electron chi connectivity index (χ4n) is 3.14. The molecule has 3 heteroatoms. The molecule has 0 aliphatic carbocycles. The number of aliphatic hydroxyl groups is 1. The number of halogens is 1. The Labute approximate surface area is 128 Å². The van der Waals surface area contributed by atoms with E-state index in [9.17, 15) is 0 Å². The first-order valence-corrected chi connectivity index (χ1v) is 9.41. The Morgan fingerprint density at radius 1 is 0.947 bits per heavy atom. The van der Waals surface area contributed by atoms with Crippen LogP contribution in [0.3, 0.4) is 0 Å². The zero-order valence-electron chi connectivity index (χ0n) is 12.5. The summed E-state index contributed by atoms with van der Waals surface area (Å²) >= 11 is 3.48. The molecule has 0 spiro atoms. The highest BCUT2D eigenvalue weighted by Gasteiger charge is 2.22. The maximum atomic E-state index is 8.93.